The molecule has 1 N–H and O–H groups in total. The van der Waals surface area contributed by atoms with Crippen LogP contribution in [0, 0.1) is 5.92 Å². The molecule has 1 aliphatic rings. The summed E-state index contributed by atoms with van der Waals surface area (Å²) in [6.45, 7) is 4.84. The number of nitrogens with one attached hydrogen (secondary N) is 1. The first kappa shape index (κ1) is 14.7. The van der Waals surface area contributed by atoms with E-state index in [1.165, 1.54) is 4.90 Å². The van der Waals surface area contributed by atoms with Gasteiger partial charge in [0.15, 0.2) is 0 Å². The minimum atomic E-state index is -0.159. The van der Waals surface area contributed by atoms with E-state index in [1.54, 1.807) is 6.92 Å². The lowest BCUT2D eigenvalue weighted by Gasteiger charge is -2.13. The van der Waals surface area contributed by atoms with Crippen molar-refractivity contribution in [2.45, 2.75) is 46.0 Å². The van der Waals surface area contributed by atoms with E-state index in [-0.39, 0.29) is 23.6 Å². The van der Waals surface area contributed by atoms with E-state index in [1.807, 2.05) is 6.92 Å². The lowest BCUT2D eigenvalue weighted by atomic mass is 10.1. The van der Waals surface area contributed by atoms with Crippen LogP contribution in [0.3, 0.4) is 0 Å². The average Bonchev–Trinajstić information content (AvgIpc) is 2.55. The molecule has 1 saturated heterocycles. The third-order valence-electron chi connectivity index (χ3n) is 3.13. The van der Waals surface area contributed by atoms with Gasteiger partial charge in [-0.15, -0.1) is 0 Å². The van der Waals surface area contributed by atoms with Crippen LogP contribution >= 0.6 is 0 Å². The van der Waals surface area contributed by atoms with E-state index in [4.69, 9.17) is 0 Å². The van der Waals surface area contributed by atoms with Gasteiger partial charge in [-0.3, -0.25) is 19.3 Å². The van der Waals surface area contributed by atoms with Gasteiger partial charge in [-0.05, 0) is 19.8 Å². The van der Waals surface area contributed by atoms with Crippen molar-refractivity contribution in [2.75, 3.05) is 13.1 Å². The monoisotopic (exact) mass is 254 g/mol. The summed E-state index contributed by atoms with van der Waals surface area (Å²) in [4.78, 5) is 35.6. The first-order chi connectivity index (χ1) is 8.56. The number of carbonyl (C=O) groups is 3. The molecule has 0 aliphatic carbocycles. The summed E-state index contributed by atoms with van der Waals surface area (Å²) in [6, 6.07) is 0. The molecule has 0 aromatic carbocycles. The van der Waals surface area contributed by atoms with Crippen molar-refractivity contribution >= 4 is 17.7 Å². The predicted molar refractivity (Wildman–Crippen MR) is 67.7 cm³/mol. The molecular formula is C13H22N2O3. The molecule has 1 atom stereocenters. The summed E-state index contributed by atoms with van der Waals surface area (Å²) in [6.07, 6.45) is 3.31. The van der Waals surface area contributed by atoms with Gasteiger partial charge in [0.25, 0.3) is 0 Å². The highest BCUT2D eigenvalue weighted by Gasteiger charge is 2.34. The molecular weight excluding hydrogens is 232 g/mol. The fraction of sp³-hybridized carbons (Fsp3) is 0.769. The molecule has 1 aliphatic heterocycles. The van der Waals surface area contributed by atoms with Gasteiger partial charge in [0.2, 0.25) is 17.7 Å². The molecule has 18 heavy (non-hydrogen) atoms. The topological polar surface area (TPSA) is 66.5 Å². The Morgan fingerprint density at radius 1 is 1.33 bits per heavy atom. The number of unbranched alkanes of at least 4 members (excludes halogenated alkanes) is 2. The van der Waals surface area contributed by atoms with Crippen molar-refractivity contribution in [1.82, 2.24) is 10.2 Å². The van der Waals surface area contributed by atoms with Crippen molar-refractivity contribution < 1.29 is 14.4 Å². The van der Waals surface area contributed by atoms with Crippen LogP contribution in [0.5, 0.6) is 0 Å². The van der Waals surface area contributed by atoms with Gasteiger partial charge in [0.1, 0.15) is 0 Å². The first-order valence-electron chi connectivity index (χ1n) is 6.67. The second-order valence-electron chi connectivity index (χ2n) is 4.75. The molecule has 0 radical (unpaired) electrons. The number of rotatable bonds is 7. The van der Waals surface area contributed by atoms with Crippen molar-refractivity contribution in [3.8, 4) is 0 Å². The third kappa shape index (κ3) is 4.13. The van der Waals surface area contributed by atoms with Crippen LogP contribution in [-0.2, 0) is 14.4 Å². The molecule has 0 saturated carbocycles. The minimum Gasteiger partial charge on any atom is -0.356 e. The fourth-order valence-electron chi connectivity index (χ4n) is 2.10. The molecule has 5 nitrogen and oxygen atoms in total. The maximum atomic E-state index is 11.6. The Balaban J connectivity index is 2.13. The molecule has 5 heteroatoms. The van der Waals surface area contributed by atoms with Gasteiger partial charge >= 0.3 is 0 Å². The molecule has 0 spiro atoms. The molecule has 0 bridgehead atoms. The van der Waals surface area contributed by atoms with Gasteiger partial charge in [-0.2, -0.15) is 0 Å². The summed E-state index contributed by atoms with van der Waals surface area (Å²) in [7, 11) is 0. The number of hydrogen-bond donors (Lipinski definition) is 1. The zero-order valence-corrected chi connectivity index (χ0v) is 11.2. The second kappa shape index (κ2) is 7.13. The lowest BCUT2D eigenvalue weighted by molar-refractivity contribution is -0.139. The average molecular weight is 254 g/mol. The van der Waals surface area contributed by atoms with E-state index in [0.717, 1.165) is 19.3 Å². The molecule has 3 amide bonds. The fourth-order valence-corrected chi connectivity index (χ4v) is 2.10. The summed E-state index contributed by atoms with van der Waals surface area (Å²) in [5.41, 5.74) is 0. The highest BCUT2D eigenvalue weighted by Crippen LogP contribution is 2.19. The van der Waals surface area contributed by atoms with Crippen LogP contribution < -0.4 is 5.32 Å². The standard InChI is InChI=1S/C13H22N2O3/c1-3-14-11(16)7-5-4-6-8-15-12(17)9-10(2)13(15)18/h10H,3-9H2,1-2H3,(H,14,16). The molecule has 0 aromatic heterocycles. The summed E-state index contributed by atoms with van der Waals surface area (Å²) in [5.74, 6) is -0.202. The zero-order valence-electron chi connectivity index (χ0n) is 11.2. The van der Waals surface area contributed by atoms with Crippen molar-refractivity contribution in [2.24, 2.45) is 5.92 Å². The van der Waals surface area contributed by atoms with Gasteiger partial charge in [-0.1, -0.05) is 13.3 Å². The zero-order chi connectivity index (χ0) is 13.5. The number of amides is 3. The van der Waals surface area contributed by atoms with Crippen molar-refractivity contribution in [1.29, 1.82) is 0 Å². The summed E-state index contributed by atoms with van der Waals surface area (Å²) < 4.78 is 0. The van der Waals surface area contributed by atoms with E-state index < -0.39 is 0 Å². The van der Waals surface area contributed by atoms with E-state index in [9.17, 15) is 14.4 Å². The van der Waals surface area contributed by atoms with E-state index in [2.05, 4.69) is 5.32 Å². The Bertz CT molecular complexity index is 328. The van der Waals surface area contributed by atoms with Gasteiger partial charge in [0, 0.05) is 31.8 Å². The lowest BCUT2D eigenvalue weighted by Crippen LogP contribution is -2.31. The molecule has 102 valence electrons. The Labute approximate surface area is 108 Å². The smallest absolute Gasteiger partial charge is 0.232 e. The van der Waals surface area contributed by atoms with Crippen molar-refractivity contribution in [3.63, 3.8) is 0 Å². The van der Waals surface area contributed by atoms with Crippen LogP contribution in [0.1, 0.15) is 46.0 Å². The second-order valence-corrected chi connectivity index (χ2v) is 4.75. The van der Waals surface area contributed by atoms with Crippen LogP contribution in [-0.4, -0.2) is 35.7 Å². The third-order valence-corrected chi connectivity index (χ3v) is 3.13. The highest BCUT2D eigenvalue weighted by atomic mass is 16.2. The number of imide groups is 1. The van der Waals surface area contributed by atoms with Crippen molar-refractivity contribution in [3.05, 3.63) is 0 Å². The van der Waals surface area contributed by atoms with Crippen LogP contribution in [0.2, 0.25) is 0 Å². The van der Waals surface area contributed by atoms with Gasteiger partial charge in [0.05, 0.1) is 0 Å². The summed E-state index contributed by atoms with van der Waals surface area (Å²) in [5, 5.41) is 2.74. The number of hydrogen-bond acceptors (Lipinski definition) is 3. The van der Waals surface area contributed by atoms with Crippen LogP contribution in [0.4, 0.5) is 0 Å². The molecule has 1 fully saturated rings. The molecule has 0 aromatic rings. The maximum absolute atomic E-state index is 11.6. The summed E-state index contributed by atoms with van der Waals surface area (Å²) >= 11 is 0. The highest BCUT2D eigenvalue weighted by molar-refractivity contribution is 6.03. The molecule has 1 rings (SSSR count). The van der Waals surface area contributed by atoms with Gasteiger partial charge < -0.3 is 5.32 Å². The number of nitrogens with zero attached hydrogens (tertiary/aromatic N) is 1. The van der Waals surface area contributed by atoms with Gasteiger partial charge in [-0.25, -0.2) is 0 Å². The quantitative estimate of drug-likeness (QED) is 0.546. The van der Waals surface area contributed by atoms with E-state index >= 15 is 0 Å². The first-order valence-corrected chi connectivity index (χ1v) is 6.67. The SMILES string of the molecule is CCNC(=O)CCCCCN1C(=O)CC(C)C1=O. The Kier molecular flexibility index (Phi) is 5.82. The number of likely N-dealkylation sites (tertiary alicyclic amines) is 1. The molecule has 1 unspecified atom stereocenters. The van der Waals surface area contributed by atoms with E-state index in [0.29, 0.717) is 25.9 Å². The minimum absolute atomic E-state index is 0.0521. The Morgan fingerprint density at radius 2 is 2.06 bits per heavy atom. The normalized spacial score (nSPS) is 19.4. The Hall–Kier alpha value is -1.39. The molecule has 1 heterocycles. The number of carbonyl (C=O) groups excluding carboxylic acids is 3. The maximum Gasteiger partial charge on any atom is 0.232 e. The Morgan fingerprint density at radius 3 is 2.61 bits per heavy atom. The largest absolute Gasteiger partial charge is 0.356 e. The van der Waals surface area contributed by atoms with Crippen LogP contribution in [0.25, 0.3) is 0 Å². The van der Waals surface area contributed by atoms with Crippen LogP contribution in [0.15, 0.2) is 0 Å². The predicted octanol–water partition coefficient (Wildman–Crippen LogP) is 1.08.